The van der Waals surface area contributed by atoms with Gasteiger partial charge in [0.1, 0.15) is 0 Å². The number of anilines is 1. The molecule has 0 fully saturated rings. The average Bonchev–Trinajstić information content (AvgIpc) is 3.17. The summed E-state index contributed by atoms with van der Waals surface area (Å²) in [6, 6.07) is 14.9. The summed E-state index contributed by atoms with van der Waals surface area (Å²) in [6.45, 7) is 1.97. The standard InChI is InChI=1S/C18H18N4O3S/c1-2-20-26(24,25)15-8-5-7-14(13-15)18(23)21-16-9-3-4-10-17(16)22-12-6-11-19-22/h3-13,20H,2H2,1H3,(H,21,23). The van der Waals surface area contributed by atoms with E-state index in [0.29, 0.717) is 11.4 Å². The van der Waals surface area contributed by atoms with Gasteiger partial charge < -0.3 is 5.32 Å². The molecule has 2 aromatic carbocycles. The van der Waals surface area contributed by atoms with Gasteiger partial charge in [-0.15, -0.1) is 0 Å². The Morgan fingerprint density at radius 1 is 1.12 bits per heavy atom. The first kappa shape index (κ1) is 17.8. The first-order valence-corrected chi connectivity index (χ1v) is 9.49. The van der Waals surface area contributed by atoms with Gasteiger partial charge in [-0.3, -0.25) is 4.79 Å². The van der Waals surface area contributed by atoms with Crippen molar-refractivity contribution >= 4 is 21.6 Å². The molecule has 0 spiro atoms. The Bertz CT molecular complexity index is 1010. The lowest BCUT2D eigenvalue weighted by atomic mass is 10.2. The van der Waals surface area contributed by atoms with E-state index >= 15 is 0 Å². The fourth-order valence-electron chi connectivity index (χ4n) is 2.46. The lowest BCUT2D eigenvalue weighted by molar-refractivity contribution is 0.102. The van der Waals surface area contributed by atoms with E-state index in [1.54, 1.807) is 54.3 Å². The molecule has 0 unspecified atom stereocenters. The Morgan fingerprint density at radius 3 is 2.65 bits per heavy atom. The number of benzene rings is 2. The normalized spacial score (nSPS) is 11.3. The number of para-hydroxylation sites is 2. The van der Waals surface area contributed by atoms with Crippen LogP contribution in [0.4, 0.5) is 5.69 Å². The highest BCUT2D eigenvalue weighted by Gasteiger charge is 2.16. The highest BCUT2D eigenvalue weighted by atomic mass is 32.2. The summed E-state index contributed by atoms with van der Waals surface area (Å²) in [5, 5.41) is 6.98. The van der Waals surface area contributed by atoms with E-state index in [2.05, 4.69) is 15.1 Å². The third kappa shape index (κ3) is 3.81. The van der Waals surface area contributed by atoms with Gasteiger partial charge in [0.05, 0.1) is 16.3 Å². The van der Waals surface area contributed by atoms with Crippen LogP contribution in [0.25, 0.3) is 5.69 Å². The van der Waals surface area contributed by atoms with E-state index < -0.39 is 15.9 Å². The Kier molecular flexibility index (Phi) is 5.15. The molecule has 1 heterocycles. The molecule has 3 aromatic rings. The maximum absolute atomic E-state index is 12.6. The minimum Gasteiger partial charge on any atom is -0.320 e. The lowest BCUT2D eigenvalue weighted by Crippen LogP contribution is -2.23. The van der Waals surface area contributed by atoms with Crippen molar-refractivity contribution in [1.29, 1.82) is 0 Å². The van der Waals surface area contributed by atoms with Crippen LogP contribution in [0, 0.1) is 0 Å². The van der Waals surface area contributed by atoms with Crippen LogP contribution >= 0.6 is 0 Å². The number of carbonyl (C=O) groups is 1. The zero-order chi connectivity index (χ0) is 18.6. The zero-order valence-electron chi connectivity index (χ0n) is 14.1. The first-order chi connectivity index (χ1) is 12.5. The third-order valence-corrected chi connectivity index (χ3v) is 5.19. The Balaban J connectivity index is 1.89. The highest BCUT2D eigenvalue weighted by Crippen LogP contribution is 2.20. The number of amides is 1. The van der Waals surface area contributed by atoms with Crippen LogP contribution in [-0.4, -0.2) is 30.7 Å². The molecule has 0 aliphatic carbocycles. The number of nitrogens with one attached hydrogen (secondary N) is 2. The topological polar surface area (TPSA) is 93.1 Å². The smallest absolute Gasteiger partial charge is 0.255 e. The van der Waals surface area contributed by atoms with Gasteiger partial charge >= 0.3 is 0 Å². The number of carbonyl (C=O) groups excluding carboxylic acids is 1. The predicted octanol–water partition coefficient (Wildman–Crippen LogP) is 2.42. The number of nitrogens with zero attached hydrogens (tertiary/aromatic N) is 2. The molecule has 2 N–H and O–H groups in total. The second-order valence-corrected chi connectivity index (χ2v) is 7.22. The number of rotatable bonds is 6. The molecule has 134 valence electrons. The monoisotopic (exact) mass is 370 g/mol. The van der Waals surface area contributed by atoms with Gasteiger partial charge in [0.2, 0.25) is 10.0 Å². The summed E-state index contributed by atoms with van der Waals surface area (Å²) in [5.74, 6) is -0.404. The molecule has 0 aliphatic rings. The van der Waals surface area contributed by atoms with E-state index in [-0.39, 0.29) is 17.0 Å². The Hall–Kier alpha value is -2.97. The average molecular weight is 370 g/mol. The summed E-state index contributed by atoms with van der Waals surface area (Å²) in [6.07, 6.45) is 3.42. The molecule has 0 saturated heterocycles. The van der Waals surface area contributed by atoms with E-state index in [9.17, 15) is 13.2 Å². The molecular weight excluding hydrogens is 352 g/mol. The molecule has 0 aliphatic heterocycles. The molecule has 0 bridgehead atoms. The number of aromatic nitrogens is 2. The van der Waals surface area contributed by atoms with Crippen LogP contribution < -0.4 is 10.0 Å². The second-order valence-electron chi connectivity index (χ2n) is 5.45. The van der Waals surface area contributed by atoms with Crippen LogP contribution in [0.1, 0.15) is 17.3 Å². The van der Waals surface area contributed by atoms with Crippen LogP contribution in [0.2, 0.25) is 0 Å². The molecule has 0 atom stereocenters. The van der Waals surface area contributed by atoms with Crippen molar-refractivity contribution in [2.45, 2.75) is 11.8 Å². The zero-order valence-corrected chi connectivity index (χ0v) is 14.9. The van der Waals surface area contributed by atoms with E-state index in [1.165, 1.54) is 12.1 Å². The minimum absolute atomic E-state index is 0.0485. The van der Waals surface area contributed by atoms with Crippen molar-refractivity contribution in [3.05, 3.63) is 72.6 Å². The van der Waals surface area contributed by atoms with E-state index in [4.69, 9.17) is 0 Å². The minimum atomic E-state index is -3.63. The van der Waals surface area contributed by atoms with Crippen LogP contribution in [0.3, 0.4) is 0 Å². The van der Waals surface area contributed by atoms with Gasteiger partial charge in [-0.1, -0.05) is 25.1 Å². The summed E-state index contributed by atoms with van der Waals surface area (Å²) < 4.78 is 28.3. The fraction of sp³-hybridized carbons (Fsp3) is 0.111. The maximum atomic E-state index is 12.6. The van der Waals surface area contributed by atoms with Gasteiger partial charge in [0.15, 0.2) is 0 Å². The molecule has 1 aromatic heterocycles. The maximum Gasteiger partial charge on any atom is 0.255 e. The van der Waals surface area contributed by atoms with Gasteiger partial charge in [0.25, 0.3) is 5.91 Å². The molecule has 1 amide bonds. The van der Waals surface area contributed by atoms with Gasteiger partial charge in [0, 0.05) is 24.5 Å². The first-order valence-electron chi connectivity index (χ1n) is 8.01. The summed E-state index contributed by atoms with van der Waals surface area (Å²) in [5.41, 5.74) is 1.53. The van der Waals surface area contributed by atoms with Gasteiger partial charge in [-0.2, -0.15) is 5.10 Å². The van der Waals surface area contributed by atoms with Crippen LogP contribution in [0.5, 0.6) is 0 Å². The largest absolute Gasteiger partial charge is 0.320 e. The lowest BCUT2D eigenvalue weighted by Gasteiger charge is -2.12. The van der Waals surface area contributed by atoms with Crippen molar-refractivity contribution in [2.24, 2.45) is 0 Å². The quantitative estimate of drug-likeness (QED) is 0.697. The number of hydrogen-bond donors (Lipinski definition) is 2. The molecule has 0 radical (unpaired) electrons. The van der Waals surface area contributed by atoms with Crippen molar-refractivity contribution in [3.63, 3.8) is 0 Å². The second kappa shape index (κ2) is 7.51. The Morgan fingerprint density at radius 2 is 1.92 bits per heavy atom. The highest BCUT2D eigenvalue weighted by molar-refractivity contribution is 7.89. The molecular formula is C18H18N4O3S. The summed E-state index contributed by atoms with van der Waals surface area (Å²) in [7, 11) is -3.63. The van der Waals surface area contributed by atoms with Crippen LogP contribution in [0.15, 0.2) is 71.9 Å². The van der Waals surface area contributed by atoms with E-state index in [1.807, 2.05) is 12.1 Å². The van der Waals surface area contributed by atoms with Gasteiger partial charge in [-0.05, 0) is 36.4 Å². The van der Waals surface area contributed by atoms with Crippen molar-refractivity contribution in [1.82, 2.24) is 14.5 Å². The summed E-state index contributed by atoms with van der Waals surface area (Å²) >= 11 is 0. The van der Waals surface area contributed by atoms with Crippen molar-refractivity contribution in [3.8, 4) is 5.69 Å². The molecule has 7 nitrogen and oxygen atoms in total. The summed E-state index contributed by atoms with van der Waals surface area (Å²) in [4.78, 5) is 12.7. The number of sulfonamides is 1. The van der Waals surface area contributed by atoms with Crippen molar-refractivity contribution in [2.75, 3.05) is 11.9 Å². The molecule has 0 saturated carbocycles. The van der Waals surface area contributed by atoms with E-state index in [0.717, 1.165) is 0 Å². The van der Waals surface area contributed by atoms with Crippen LogP contribution in [-0.2, 0) is 10.0 Å². The molecule has 8 heteroatoms. The molecule has 26 heavy (non-hydrogen) atoms. The fourth-order valence-corrected chi connectivity index (χ4v) is 3.55. The van der Waals surface area contributed by atoms with Gasteiger partial charge in [-0.25, -0.2) is 17.8 Å². The van der Waals surface area contributed by atoms with Crippen molar-refractivity contribution < 1.29 is 13.2 Å². The SMILES string of the molecule is CCNS(=O)(=O)c1cccc(C(=O)Nc2ccccc2-n2cccn2)c1. The number of hydrogen-bond acceptors (Lipinski definition) is 4. The third-order valence-electron chi connectivity index (χ3n) is 3.64. The predicted molar refractivity (Wildman–Crippen MR) is 98.8 cm³/mol. The molecule has 3 rings (SSSR count). The Labute approximate surface area is 151 Å².